The molecule has 2 heterocycles. The van der Waals surface area contributed by atoms with Gasteiger partial charge in [0, 0.05) is 31.2 Å². The third-order valence-corrected chi connectivity index (χ3v) is 8.63. The standard InChI is InChI=1S/C24H39N3O4S/c1-20-11-5-9-15-26(20)16-10-6-14-25-24(28)21-12-13-22(31-2)23(19-21)32(29,30)27-17-7-3-4-8-18-27/h12-13,19-20H,3-11,14-18H2,1-2H3,(H,25,28). The van der Waals surface area contributed by atoms with Crippen molar-refractivity contribution in [3.05, 3.63) is 23.8 Å². The first kappa shape index (κ1) is 25.0. The summed E-state index contributed by atoms with van der Waals surface area (Å²) in [5.41, 5.74) is 0.351. The molecule has 3 rings (SSSR count). The Bertz CT molecular complexity index is 851. The molecule has 7 nitrogen and oxygen atoms in total. The molecule has 32 heavy (non-hydrogen) atoms. The lowest BCUT2D eigenvalue weighted by Gasteiger charge is -2.33. The maximum absolute atomic E-state index is 13.3. The zero-order valence-electron chi connectivity index (χ0n) is 19.6. The van der Waals surface area contributed by atoms with Crippen LogP contribution in [-0.2, 0) is 10.0 Å². The molecule has 180 valence electrons. The van der Waals surface area contributed by atoms with Crippen molar-refractivity contribution in [1.29, 1.82) is 0 Å². The van der Waals surface area contributed by atoms with Crippen molar-refractivity contribution < 1.29 is 17.9 Å². The van der Waals surface area contributed by atoms with Crippen LogP contribution in [0.2, 0.25) is 0 Å². The van der Waals surface area contributed by atoms with E-state index in [0.29, 0.717) is 31.2 Å². The molecule has 2 aliphatic heterocycles. The number of benzene rings is 1. The number of carbonyl (C=O) groups is 1. The van der Waals surface area contributed by atoms with Crippen molar-refractivity contribution >= 4 is 15.9 Å². The quantitative estimate of drug-likeness (QED) is 0.563. The van der Waals surface area contributed by atoms with Gasteiger partial charge < -0.3 is 15.0 Å². The highest BCUT2D eigenvalue weighted by atomic mass is 32.2. The molecule has 0 bridgehead atoms. The molecule has 1 aromatic carbocycles. The van der Waals surface area contributed by atoms with Crippen LogP contribution >= 0.6 is 0 Å². The molecular formula is C24H39N3O4S. The molecule has 1 atom stereocenters. The fourth-order valence-corrected chi connectivity index (χ4v) is 6.37. The molecule has 0 saturated carbocycles. The Labute approximate surface area is 193 Å². The highest BCUT2D eigenvalue weighted by Gasteiger charge is 2.29. The SMILES string of the molecule is COc1ccc(C(=O)NCCCCN2CCCCC2C)cc1S(=O)(=O)N1CCCCCC1. The van der Waals surface area contributed by atoms with E-state index in [1.807, 2.05) is 0 Å². The first-order valence-corrected chi connectivity index (χ1v) is 13.6. The van der Waals surface area contributed by atoms with Crippen molar-refractivity contribution in [1.82, 2.24) is 14.5 Å². The van der Waals surface area contributed by atoms with E-state index in [9.17, 15) is 13.2 Å². The second-order valence-electron chi connectivity index (χ2n) is 9.03. The van der Waals surface area contributed by atoms with Gasteiger partial charge in [-0.25, -0.2) is 8.42 Å². The number of ether oxygens (including phenoxy) is 1. The molecule has 1 amide bonds. The first-order chi connectivity index (χ1) is 15.4. The van der Waals surface area contributed by atoms with Gasteiger partial charge in [0.1, 0.15) is 10.6 Å². The summed E-state index contributed by atoms with van der Waals surface area (Å²) in [5.74, 6) is 0.0350. The van der Waals surface area contributed by atoms with E-state index in [1.165, 1.54) is 43.3 Å². The molecule has 2 fully saturated rings. The number of hydrogen-bond acceptors (Lipinski definition) is 5. The fourth-order valence-electron chi connectivity index (χ4n) is 4.67. The summed E-state index contributed by atoms with van der Waals surface area (Å²) < 4.78 is 33.4. The maximum atomic E-state index is 13.3. The smallest absolute Gasteiger partial charge is 0.251 e. The molecular weight excluding hydrogens is 426 g/mol. The summed E-state index contributed by atoms with van der Waals surface area (Å²) in [5, 5.41) is 2.95. The minimum absolute atomic E-state index is 0.0774. The van der Waals surface area contributed by atoms with Crippen LogP contribution in [0, 0.1) is 0 Å². The largest absolute Gasteiger partial charge is 0.495 e. The summed E-state index contributed by atoms with van der Waals surface area (Å²) >= 11 is 0. The topological polar surface area (TPSA) is 79.0 Å². The van der Waals surface area contributed by atoms with E-state index >= 15 is 0 Å². The summed E-state index contributed by atoms with van der Waals surface area (Å²) in [7, 11) is -2.25. The van der Waals surface area contributed by atoms with Crippen molar-refractivity contribution in [2.75, 3.05) is 39.8 Å². The van der Waals surface area contributed by atoms with Gasteiger partial charge in [-0.1, -0.05) is 19.3 Å². The predicted octanol–water partition coefficient (Wildman–Crippen LogP) is 3.64. The van der Waals surface area contributed by atoms with Crippen LogP contribution < -0.4 is 10.1 Å². The van der Waals surface area contributed by atoms with Crippen molar-refractivity contribution in [3.63, 3.8) is 0 Å². The third-order valence-electron chi connectivity index (χ3n) is 6.71. The van der Waals surface area contributed by atoms with Gasteiger partial charge in [0.05, 0.1) is 7.11 Å². The van der Waals surface area contributed by atoms with Crippen molar-refractivity contribution in [2.24, 2.45) is 0 Å². The van der Waals surface area contributed by atoms with Crippen LogP contribution in [0.15, 0.2) is 23.1 Å². The lowest BCUT2D eigenvalue weighted by atomic mass is 10.0. The van der Waals surface area contributed by atoms with Crippen LogP contribution in [0.1, 0.15) is 75.1 Å². The van der Waals surface area contributed by atoms with Gasteiger partial charge in [0.15, 0.2) is 0 Å². The first-order valence-electron chi connectivity index (χ1n) is 12.1. The number of amides is 1. The Morgan fingerprint density at radius 3 is 2.47 bits per heavy atom. The molecule has 0 aromatic heterocycles. The van der Waals surface area contributed by atoms with Crippen LogP contribution in [0.5, 0.6) is 5.75 Å². The Kier molecular flexibility index (Phi) is 9.37. The second-order valence-corrected chi connectivity index (χ2v) is 10.9. The van der Waals surface area contributed by atoms with E-state index in [4.69, 9.17) is 4.74 Å². The van der Waals surface area contributed by atoms with Crippen LogP contribution in [0.3, 0.4) is 0 Å². The van der Waals surface area contributed by atoms with E-state index < -0.39 is 10.0 Å². The van der Waals surface area contributed by atoms with E-state index in [2.05, 4.69) is 17.1 Å². The molecule has 2 aliphatic rings. The number of unbranched alkanes of at least 4 members (excludes halogenated alkanes) is 1. The number of rotatable bonds is 9. The van der Waals surface area contributed by atoms with E-state index in [1.54, 1.807) is 12.1 Å². The summed E-state index contributed by atoms with van der Waals surface area (Å²) in [6.45, 7) is 6.14. The van der Waals surface area contributed by atoms with Gasteiger partial charge in [-0.15, -0.1) is 0 Å². The summed E-state index contributed by atoms with van der Waals surface area (Å²) in [6, 6.07) is 5.33. The monoisotopic (exact) mass is 465 g/mol. The van der Waals surface area contributed by atoms with Crippen LogP contribution in [-0.4, -0.2) is 69.4 Å². The maximum Gasteiger partial charge on any atom is 0.251 e. The molecule has 1 unspecified atom stereocenters. The van der Waals surface area contributed by atoms with Crippen LogP contribution in [0.25, 0.3) is 0 Å². The van der Waals surface area contributed by atoms with Gasteiger partial charge in [0.2, 0.25) is 10.0 Å². The Balaban J connectivity index is 1.58. The number of methoxy groups -OCH3 is 1. The third kappa shape index (κ3) is 6.45. The van der Waals surface area contributed by atoms with E-state index in [-0.39, 0.29) is 16.6 Å². The number of carbonyl (C=O) groups excluding carboxylic acids is 1. The average Bonchev–Trinajstić information content (AvgIpc) is 3.09. The molecule has 1 aromatic rings. The fraction of sp³-hybridized carbons (Fsp3) is 0.708. The van der Waals surface area contributed by atoms with Gasteiger partial charge in [-0.05, 0) is 76.7 Å². The Morgan fingerprint density at radius 2 is 1.78 bits per heavy atom. The van der Waals surface area contributed by atoms with Gasteiger partial charge in [-0.2, -0.15) is 4.31 Å². The summed E-state index contributed by atoms with van der Waals surface area (Å²) in [6.07, 6.45) is 9.63. The molecule has 8 heteroatoms. The minimum atomic E-state index is -3.71. The number of likely N-dealkylation sites (tertiary alicyclic amines) is 1. The van der Waals surface area contributed by atoms with Gasteiger partial charge >= 0.3 is 0 Å². The van der Waals surface area contributed by atoms with Gasteiger partial charge in [0.25, 0.3) is 5.91 Å². The summed E-state index contributed by atoms with van der Waals surface area (Å²) in [4.78, 5) is 15.3. The van der Waals surface area contributed by atoms with Crippen molar-refractivity contribution in [3.8, 4) is 5.75 Å². The highest BCUT2D eigenvalue weighted by molar-refractivity contribution is 7.89. The average molecular weight is 466 g/mol. The lowest BCUT2D eigenvalue weighted by Crippen LogP contribution is -2.38. The predicted molar refractivity (Wildman–Crippen MR) is 127 cm³/mol. The number of nitrogens with zero attached hydrogens (tertiary/aromatic N) is 2. The molecule has 0 radical (unpaired) electrons. The number of nitrogens with one attached hydrogen (secondary N) is 1. The lowest BCUT2D eigenvalue weighted by molar-refractivity contribution is 0.0951. The highest BCUT2D eigenvalue weighted by Crippen LogP contribution is 2.29. The number of hydrogen-bond donors (Lipinski definition) is 1. The zero-order valence-corrected chi connectivity index (χ0v) is 20.5. The van der Waals surface area contributed by atoms with Crippen molar-refractivity contribution in [2.45, 2.75) is 75.6 Å². The Hall–Kier alpha value is -1.64. The number of sulfonamides is 1. The minimum Gasteiger partial charge on any atom is -0.495 e. The number of piperidine rings is 1. The molecule has 2 saturated heterocycles. The van der Waals surface area contributed by atoms with Gasteiger partial charge in [-0.3, -0.25) is 4.79 Å². The normalized spacial score (nSPS) is 21.1. The zero-order chi connectivity index (χ0) is 23.0. The second kappa shape index (κ2) is 12.0. The van der Waals surface area contributed by atoms with E-state index in [0.717, 1.165) is 45.1 Å². The van der Waals surface area contributed by atoms with Crippen LogP contribution in [0.4, 0.5) is 0 Å². The molecule has 0 spiro atoms. The molecule has 0 aliphatic carbocycles. The Morgan fingerprint density at radius 1 is 1.06 bits per heavy atom. The molecule has 1 N–H and O–H groups in total.